The van der Waals surface area contributed by atoms with E-state index in [1.54, 1.807) is 0 Å². The van der Waals surface area contributed by atoms with Gasteiger partial charge in [-0.2, -0.15) is 0 Å². The second kappa shape index (κ2) is 4.35. The van der Waals surface area contributed by atoms with Crippen LogP contribution in [0, 0.1) is 6.92 Å². The van der Waals surface area contributed by atoms with Crippen molar-refractivity contribution in [1.29, 1.82) is 0 Å². The Bertz CT molecular complexity index is 367. The van der Waals surface area contributed by atoms with E-state index < -0.39 is 7.59 Å². The summed E-state index contributed by atoms with van der Waals surface area (Å²) in [6.45, 7) is 3.62. The van der Waals surface area contributed by atoms with Gasteiger partial charge in [0.1, 0.15) is 0 Å². The van der Waals surface area contributed by atoms with Crippen LogP contribution in [0.25, 0.3) is 0 Å². The number of nitrogens with one attached hydrogen (secondary N) is 3. The maximum atomic E-state index is 12.2. The van der Waals surface area contributed by atoms with Gasteiger partial charge in [-0.25, -0.2) is 10.2 Å². The van der Waals surface area contributed by atoms with Crippen LogP contribution in [0.2, 0.25) is 0 Å². The maximum Gasteiger partial charge on any atom is 0.303 e. The molecule has 3 N–H and O–H groups in total. The van der Waals surface area contributed by atoms with E-state index in [0.717, 1.165) is 25.2 Å². The molecule has 1 saturated heterocycles. The Morgan fingerprint density at radius 1 is 1.20 bits per heavy atom. The van der Waals surface area contributed by atoms with Crippen molar-refractivity contribution < 1.29 is 4.57 Å². The average molecular weight is 225 g/mol. The summed E-state index contributed by atoms with van der Waals surface area (Å²) in [7, 11) is -2.60. The lowest BCUT2D eigenvalue weighted by molar-refractivity contribution is 0.540. The summed E-state index contributed by atoms with van der Waals surface area (Å²) < 4.78 is 12.2. The monoisotopic (exact) mass is 225 g/mol. The number of rotatable bonds is 2. The van der Waals surface area contributed by atoms with E-state index >= 15 is 0 Å². The first kappa shape index (κ1) is 10.7. The summed E-state index contributed by atoms with van der Waals surface area (Å²) in [6, 6.07) is 7.87. The van der Waals surface area contributed by atoms with E-state index in [2.05, 4.69) is 15.3 Å². The number of benzene rings is 1. The minimum Gasteiger partial charge on any atom is -0.313 e. The summed E-state index contributed by atoms with van der Waals surface area (Å²) in [5.41, 5.74) is 2.08. The highest BCUT2D eigenvalue weighted by atomic mass is 31.2. The lowest BCUT2D eigenvalue weighted by atomic mass is 10.2. The molecular weight excluding hydrogens is 209 g/mol. The highest BCUT2D eigenvalue weighted by molar-refractivity contribution is 7.61. The Kier molecular flexibility index (Phi) is 3.10. The molecule has 1 aromatic rings. The molecule has 1 aliphatic heterocycles. The summed E-state index contributed by atoms with van der Waals surface area (Å²) in [5, 5.41) is 9.00. The van der Waals surface area contributed by atoms with Crippen molar-refractivity contribution in [2.24, 2.45) is 0 Å². The largest absolute Gasteiger partial charge is 0.313 e. The zero-order valence-electron chi connectivity index (χ0n) is 8.79. The van der Waals surface area contributed by atoms with Gasteiger partial charge in [0.15, 0.2) is 0 Å². The molecule has 2 rings (SSSR count). The van der Waals surface area contributed by atoms with Crippen LogP contribution in [-0.4, -0.2) is 13.1 Å². The molecule has 82 valence electrons. The SMILES string of the molecule is Cc1ccc(NP2(=O)NCCCN2)cc1. The van der Waals surface area contributed by atoms with E-state index in [-0.39, 0.29) is 0 Å². The Morgan fingerprint density at radius 2 is 1.80 bits per heavy atom. The molecule has 0 atom stereocenters. The van der Waals surface area contributed by atoms with Gasteiger partial charge in [0.2, 0.25) is 0 Å². The van der Waals surface area contributed by atoms with Crippen LogP contribution in [-0.2, 0) is 4.57 Å². The molecule has 0 unspecified atom stereocenters. The first-order chi connectivity index (χ1) is 7.18. The topological polar surface area (TPSA) is 53.2 Å². The molecule has 4 nitrogen and oxygen atoms in total. The summed E-state index contributed by atoms with van der Waals surface area (Å²) in [4.78, 5) is 0. The molecule has 0 aliphatic carbocycles. The van der Waals surface area contributed by atoms with Crippen LogP contribution >= 0.6 is 7.59 Å². The maximum absolute atomic E-state index is 12.2. The number of hydrogen-bond acceptors (Lipinski definition) is 1. The van der Waals surface area contributed by atoms with Gasteiger partial charge in [0.25, 0.3) is 0 Å². The zero-order chi connectivity index (χ0) is 10.7. The van der Waals surface area contributed by atoms with Crippen molar-refractivity contribution in [2.45, 2.75) is 13.3 Å². The van der Waals surface area contributed by atoms with Gasteiger partial charge < -0.3 is 5.09 Å². The van der Waals surface area contributed by atoms with E-state index in [0.29, 0.717) is 0 Å². The second-order valence-electron chi connectivity index (χ2n) is 3.76. The Hall–Kier alpha value is -0.830. The first-order valence-electron chi connectivity index (χ1n) is 5.13. The molecule has 0 bridgehead atoms. The fourth-order valence-electron chi connectivity index (χ4n) is 1.51. The number of anilines is 1. The van der Waals surface area contributed by atoms with Crippen molar-refractivity contribution >= 4 is 13.3 Å². The molecule has 0 saturated carbocycles. The lowest BCUT2D eigenvalue weighted by Crippen LogP contribution is -2.34. The quantitative estimate of drug-likeness (QED) is 0.675. The molecule has 0 radical (unpaired) electrons. The second-order valence-corrected chi connectivity index (χ2v) is 5.83. The molecule has 5 heteroatoms. The standard InChI is InChI=1S/C10H16N3OP/c1-9-3-5-10(6-4-9)13-15(14)11-7-2-8-12-15/h3-6H,2,7-8H2,1H3,(H3,11,12,13,14). The van der Waals surface area contributed by atoms with Crippen LogP contribution in [0.15, 0.2) is 24.3 Å². The predicted octanol–water partition coefficient (Wildman–Crippen LogP) is 2.10. The van der Waals surface area contributed by atoms with Crippen LogP contribution < -0.4 is 15.3 Å². The van der Waals surface area contributed by atoms with Gasteiger partial charge in [-0.05, 0) is 25.5 Å². The smallest absolute Gasteiger partial charge is 0.303 e. The van der Waals surface area contributed by atoms with E-state index in [4.69, 9.17) is 0 Å². The van der Waals surface area contributed by atoms with E-state index in [1.165, 1.54) is 5.56 Å². The fourth-order valence-corrected chi connectivity index (χ4v) is 3.23. The lowest BCUT2D eigenvalue weighted by Gasteiger charge is -2.26. The highest BCUT2D eigenvalue weighted by Crippen LogP contribution is 2.37. The van der Waals surface area contributed by atoms with Crippen LogP contribution in [0.3, 0.4) is 0 Å². The van der Waals surface area contributed by atoms with Gasteiger partial charge in [0, 0.05) is 18.8 Å². The van der Waals surface area contributed by atoms with Crippen LogP contribution in [0.1, 0.15) is 12.0 Å². The molecule has 0 aromatic heterocycles. The number of hydrogen-bond donors (Lipinski definition) is 3. The zero-order valence-corrected chi connectivity index (χ0v) is 9.68. The van der Waals surface area contributed by atoms with Crippen molar-refractivity contribution in [3.8, 4) is 0 Å². The Balaban J connectivity index is 2.07. The third-order valence-electron chi connectivity index (χ3n) is 2.36. The van der Waals surface area contributed by atoms with Gasteiger partial charge in [-0.3, -0.25) is 4.57 Å². The normalized spacial score (nSPS) is 19.8. The molecule has 15 heavy (non-hydrogen) atoms. The average Bonchev–Trinajstić information content (AvgIpc) is 2.22. The predicted molar refractivity (Wildman–Crippen MR) is 63.0 cm³/mol. The van der Waals surface area contributed by atoms with Crippen molar-refractivity contribution in [3.63, 3.8) is 0 Å². The van der Waals surface area contributed by atoms with Gasteiger partial charge in [-0.1, -0.05) is 17.7 Å². The molecular formula is C10H16N3OP. The Labute approximate surface area is 90.0 Å². The van der Waals surface area contributed by atoms with Crippen molar-refractivity contribution in [2.75, 3.05) is 18.2 Å². The van der Waals surface area contributed by atoms with E-state index in [9.17, 15) is 4.57 Å². The first-order valence-corrected chi connectivity index (χ1v) is 6.84. The van der Waals surface area contributed by atoms with Crippen molar-refractivity contribution in [3.05, 3.63) is 29.8 Å². The Morgan fingerprint density at radius 3 is 2.40 bits per heavy atom. The minimum atomic E-state index is -2.60. The van der Waals surface area contributed by atoms with Crippen molar-refractivity contribution in [1.82, 2.24) is 10.2 Å². The highest BCUT2D eigenvalue weighted by Gasteiger charge is 2.23. The summed E-state index contributed by atoms with van der Waals surface area (Å²) >= 11 is 0. The van der Waals surface area contributed by atoms with Gasteiger partial charge in [0.05, 0.1) is 0 Å². The third kappa shape index (κ3) is 2.81. The van der Waals surface area contributed by atoms with Gasteiger partial charge >= 0.3 is 7.59 Å². The summed E-state index contributed by atoms with van der Waals surface area (Å²) in [6.07, 6.45) is 1.01. The third-order valence-corrected chi connectivity index (χ3v) is 4.27. The molecule has 1 fully saturated rings. The fraction of sp³-hybridized carbons (Fsp3) is 0.400. The molecule has 1 heterocycles. The van der Waals surface area contributed by atoms with E-state index in [1.807, 2.05) is 31.2 Å². The van der Waals surface area contributed by atoms with Gasteiger partial charge in [-0.15, -0.1) is 0 Å². The summed E-state index contributed by atoms with van der Waals surface area (Å²) in [5.74, 6) is 0. The van der Waals surface area contributed by atoms with Crippen LogP contribution in [0.5, 0.6) is 0 Å². The minimum absolute atomic E-state index is 0.795. The number of aryl methyl sites for hydroxylation is 1. The molecule has 0 amide bonds. The van der Waals surface area contributed by atoms with Crippen LogP contribution in [0.4, 0.5) is 5.69 Å². The molecule has 0 spiro atoms. The molecule has 1 aromatic carbocycles. The molecule has 1 aliphatic rings.